The van der Waals surface area contributed by atoms with Crippen LogP contribution in [-0.4, -0.2) is 5.75 Å². The second kappa shape index (κ2) is 4.01. The zero-order valence-corrected chi connectivity index (χ0v) is 5.28. The second-order valence-corrected chi connectivity index (χ2v) is 1.99. The van der Waals surface area contributed by atoms with Crippen LogP contribution in [0, 0.1) is 17.2 Å². The van der Waals surface area contributed by atoms with Crippen molar-refractivity contribution < 1.29 is 0 Å². The van der Waals surface area contributed by atoms with Crippen molar-refractivity contribution in [3.63, 3.8) is 0 Å². The zero-order valence-electron chi connectivity index (χ0n) is 4.39. The molecule has 0 amide bonds. The Labute approximate surface area is 49.7 Å². The van der Waals surface area contributed by atoms with Gasteiger partial charge in [-0.25, -0.2) is 0 Å². The smallest absolute Gasteiger partial charge is 0.0653 e. The Morgan fingerprint density at radius 3 is 2.57 bits per heavy atom. The molecule has 0 aromatic carbocycles. The average Bonchev–Trinajstić information content (AvgIpc) is 1.68. The lowest BCUT2D eigenvalue weighted by molar-refractivity contribution is 0.722. The van der Waals surface area contributed by atoms with E-state index >= 15 is 0 Å². The van der Waals surface area contributed by atoms with Gasteiger partial charge in [-0.15, -0.1) is 0 Å². The average molecular weight is 115 g/mol. The van der Waals surface area contributed by atoms with Crippen LogP contribution in [0.5, 0.6) is 0 Å². The van der Waals surface area contributed by atoms with E-state index < -0.39 is 0 Å². The van der Waals surface area contributed by atoms with Gasteiger partial charge in [-0.1, -0.05) is 0 Å². The first-order valence-corrected chi connectivity index (χ1v) is 2.95. The summed E-state index contributed by atoms with van der Waals surface area (Å²) >= 11 is 3.96. The largest absolute Gasteiger partial charge is 0.198 e. The van der Waals surface area contributed by atoms with Gasteiger partial charge in [-0.2, -0.15) is 17.9 Å². The molecule has 0 aromatic rings. The fraction of sp³-hybridized carbons (Fsp3) is 0.800. The van der Waals surface area contributed by atoms with Crippen LogP contribution in [0.2, 0.25) is 0 Å². The van der Waals surface area contributed by atoms with Crippen LogP contribution < -0.4 is 0 Å². The molecule has 0 rings (SSSR count). The number of thiol groups is 1. The predicted octanol–water partition coefficient (Wildman–Crippen LogP) is 1.47. The third-order valence-corrected chi connectivity index (χ3v) is 1.04. The molecule has 40 valence electrons. The quantitative estimate of drug-likeness (QED) is 0.541. The number of hydrogen-bond acceptors (Lipinski definition) is 2. The van der Waals surface area contributed by atoms with Crippen molar-refractivity contribution in [1.82, 2.24) is 0 Å². The van der Waals surface area contributed by atoms with E-state index in [-0.39, 0.29) is 5.92 Å². The topological polar surface area (TPSA) is 23.8 Å². The van der Waals surface area contributed by atoms with Crippen molar-refractivity contribution in [2.24, 2.45) is 5.92 Å². The van der Waals surface area contributed by atoms with E-state index in [2.05, 4.69) is 18.7 Å². The molecule has 0 bridgehead atoms. The Morgan fingerprint density at radius 2 is 2.43 bits per heavy atom. The normalized spacial score (nSPS) is 12.7. The summed E-state index contributed by atoms with van der Waals surface area (Å²) in [6, 6.07) is 2.12. The Kier molecular flexibility index (Phi) is 3.92. The van der Waals surface area contributed by atoms with E-state index in [1.54, 1.807) is 0 Å². The lowest BCUT2D eigenvalue weighted by Gasteiger charge is -1.92. The summed E-state index contributed by atoms with van der Waals surface area (Å²) in [6.07, 6.45) is 0.902. The van der Waals surface area contributed by atoms with Gasteiger partial charge in [0.15, 0.2) is 0 Å². The third kappa shape index (κ3) is 3.68. The maximum atomic E-state index is 8.18. The molecule has 0 fully saturated rings. The minimum atomic E-state index is 0.178. The molecule has 0 aliphatic heterocycles. The molecule has 1 unspecified atom stereocenters. The fourth-order valence-electron chi connectivity index (χ4n) is 0.258. The van der Waals surface area contributed by atoms with E-state index in [1.807, 2.05) is 6.92 Å². The maximum absolute atomic E-state index is 8.18. The highest BCUT2D eigenvalue weighted by molar-refractivity contribution is 7.80. The second-order valence-electron chi connectivity index (χ2n) is 1.54. The molecule has 0 saturated heterocycles. The highest BCUT2D eigenvalue weighted by atomic mass is 32.1. The van der Waals surface area contributed by atoms with Crippen molar-refractivity contribution in [3.05, 3.63) is 0 Å². The lowest BCUT2D eigenvalue weighted by atomic mass is 10.1. The van der Waals surface area contributed by atoms with Crippen molar-refractivity contribution in [1.29, 1.82) is 5.26 Å². The Bertz CT molecular complexity index is 74.6. The van der Waals surface area contributed by atoms with E-state index in [9.17, 15) is 0 Å². The Balaban J connectivity index is 3.04. The van der Waals surface area contributed by atoms with Crippen LogP contribution in [0.4, 0.5) is 0 Å². The van der Waals surface area contributed by atoms with E-state index in [4.69, 9.17) is 5.26 Å². The summed E-state index contributed by atoms with van der Waals surface area (Å²) in [5.74, 6) is 0.992. The van der Waals surface area contributed by atoms with Crippen molar-refractivity contribution in [2.45, 2.75) is 13.3 Å². The van der Waals surface area contributed by atoms with E-state index in [0.29, 0.717) is 0 Å². The molecule has 1 atom stereocenters. The summed E-state index contributed by atoms with van der Waals surface area (Å²) in [4.78, 5) is 0. The van der Waals surface area contributed by atoms with Gasteiger partial charge in [0, 0.05) is 5.92 Å². The number of nitriles is 1. The molecule has 7 heavy (non-hydrogen) atoms. The summed E-state index contributed by atoms with van der Waals surface area (Å²) < 4.78 is 0. The Morgan fingerprint density at radius 1 is 1.86 bits per heavy atom. The number of rotatable bonds is 2. The van der Waals surface area contributed by atoms with Gasteiger partial charge < -0.3 is 0 Å². The van der Waals surface area contributed by atoms with Crippen molar-refractivity contribution >= 4 is 12.6 Å². The number of nitrogens with zero attached hydrogens (tertiary/aromatic N) is 1. The molecule has 0 aliphatic rings. The molecular formula is C5H9NS. The zero-order chi connectivity index (χ0) is 5.70. The predicted molar refractivity (Wildman–Crippen MR) is 33.2 cm³/mol. The minimum Gasteiger partial charge on any atom is -0.198 e. The molecule has 0 radical (unpaired) electrons. The fourth-order valence-corrected chi connectivity index (χ4v) is 0.645. The SMILES string of the molecule is CC(C#N)CCS. The summed E-state index contributed by atoms with van der Waals surface area (Å²) in [5.41, 5.74) is 0. The van der Waals surface area contributed by atoms with Crippen LogP contribution >= 0.6 is 12.6 Å². The number of hydrogen-bond donors (Lipinski definition) is 1. The highest BCUT2D eigenvalue weighted by Crippen LogP contribution is 1.98. The summed E-state index contributed by atoms with van der Waals surface area (Å²) in [5, 5.41) is 8.18. The first kappa shape index (κ1) is 6.84. The van der Waals surface area contributed by atoms with Crippen LogP contribution in [0.3, 0.4) is 0 Å². The molecule has 0 heterocycles. The molecule has 0 spiro atoms. The standard InChI is InChI=1S/C5H9NS/c1-5(4-6)2-3-7/h5,7H,2-3H2,1H3. The van der Waals surface area contributed by atoms with Gasteiger partial charge in [0.1, 0.15) is 0 Å². The Hall–Kier alpha value is -0.160. The maximum Gasteiger partial charge on any atom is 0.0653 e. The van der Waals surface area contributed by atoms with Crippen LogP contribution in [-0.2, 0) is 0 Å². The molecule has 0 aliphatic carbocycles. The van der Waals surface area contributed by atoms with E-state index in [0.717, 1.165) is 12.2 Å². The molecule has 0 aromatic heterocycles. The van der Waals surface area contributed by atoms with Crippen LogP contribution in [0.15, 0.2) is 0 Å². The van der Waals surface area contributed by atoms with E-state index in [1.165, 1.54) is 0 Å². The highest BCUT2D eigenvalue weighted by Gasteiger charge is 1.93. The van der Waals surface area contributed by atoms with Crippen molar-refractivity contribution in [2.75, 3.05) is 5.75 Å². The molecular weight excluding hydrogens is 106 g/mol. The van der Waals surface area contributed by atoms with Gasteiger partial charge in [0.25, 0.3) is 0 Å². The monoisotopic (exact) mass is 115 g/mol. The first-order chi connectivity index (χ1) is 3.31. The van der Waals surface area contributed by atoms with Crippen LogP contribution in [0.25, 0.3) is 0 Å². The molecule has 0 saturated carbocycles. The van der Waals surface area contributed by atoms with Gasteiger partial charge in [0.2, 0.25) is 0 Å². The van der Waals surface area contributed by atoms with Gasteiger partial charge >= 0.3 is 0 Å². The molecule has 1 nitrogen and oxygen atoms in total. The third-order valence-electron chi connectivity index (χ3n) is 0.782. The molecule has 0 N–H and O–H groups in total. The van der Waals surface area contributed by atoms with Gasteiger partial charge in [-0.3, -0.25) is 0 Å². The van der Waals surface area contributed by atoms with Gasteiger partial charge in [-0.05, 0) is 19.1 Å². The van der Waals surface area contributed by atoms with Gasteiger partial charge in [0.05, 0.1) is 6.07 Å². The minimum absolute atomic E-state index is 0.178. The first-order valence-electron chi connectivity index (χ1n) is 2.31. The summed E-state index contributed by atoms with van der Waals surface area (Å²) in [6.45, 7) is 1.90. The summed E-state index contributed by atoms with van der Waals surface area (Å²) in [7, 11) is 0. The van der Waals surface area contributed by atoms with Crippen LogP contribution in [0.1, 0.15) is 13.3 Å². The van der Waals surface area contributed by atoms with Crippen molar-refractivity contribution in [3.8, 4) is 6.07 Å². The lowest BCUT2D eigenvalue weighted by Crippen LogP contribution is -1.88. The molecule has 2 heteroatoms.